The molecule has 5 heteroatoms. The molecule has 20 heavy (non-hydrogen) atoms. The molecule has 3 rings (SSSR count). The van der Waals surface area contributed by atoms with Crippen LogP contribution in [0.2, 0.25) is 0 Å². The van der Waals surface area contributed by atoms with Gasteiger partial charge in [0.25, 0.3) is 0 Å². The van der Waals surface area contributed by atoms with Crippen molar-refractivity contribution in [3.05, 3.63) is 28.0 Å². The zero-order chi connectivity index (χ0) is 14.3. The van der Waals surface area contributed by atoms with Crippen LogP contribution in [0.25, 0.3) is 0 Å². The van der Waals surface area contributed by atoms with Gasteiger partial charge in [0.1, 0.15) is 5.82 Å². The Morgan fingerprint density at radius 3 is 2.50 bits per heavy atom. The van der Waals surface area contributed by atoms with Crippen LogP contribution in [0.1, 0.15) is 36.0 Å². The molecule has 0 atom stereocenters. The van der Waals surface area contributed by atoms with Crippen LogP contribution >= 0.6 is 15.9 Å². The highest BCUT2D eigenvalue weighted by Gasteiger charge is 2.44. The smallest absolute Gasteiger partial charge is 0.340 e. The van der Waals surface area contributed by atoms with Crippen LogP contribution in [0.3, 0.4) is 0 Å². The van der Waals surface area contributed by atoms with Gasteiger partial charge >= 0.3 is 5.97 Å². The lowest BCUT2D eigenvalue weighted by molar-refractivity contribution is 0.0600. The van der Waals surface area contributed by atoms with Gasteiger partial charge in [-0.05, 0) is 59.2 Å². The lowest BCUT2D eigenvalue weighted by Gasteiger charge is -2.34. The van der Waals surface area contributed by atoms with Crippen molar-refractivity contribution < 1.29 is 13.9 Å². The summed E-state index contributed by atoms with van der Waals surface area (Å²) in [5.41, 5.74) is 1.64. The molecule has 0 unspecified atom stereocenters. The van der Waals surface area contributed by atoms with Gasteiger partial charge in [0.05, 0.1) is 22.8 Å². The maximum atomic E-state index is 13.7. The summed E-state index contributed by atoms with van der Waals surface area (Å²) < 4.78 is 18.8. The van der Waals surface area contributed by atoms with Crippen LogP contribution in [0, 0.1) is 11.2 Å². The summed E-state index contributed by atoms with van der Waals surface area (Å²) in [5.74, 6) is -0.928. The maximum absolute atomic E-state index is 13.7. The lowest BCUT2D eigenvalue weighted by atomic mass is 9.93. The zero-order valence-corrected chi connectivity index (χ0v) is 13.0. The van der Waals surface area contributed by atoms with Gasteiger partial charge in [0.15, 0.2) is 0 Å². The molecule has 0 radical (unpaired) electrons. The van der Waals surface area contributed by atoms with E-state index >= 15 is 0 Å². The van der Waals surface area contributed by atoms with Crippen LogP contribution in [-0.4, -0.2) is 26.2 Å². The third-order valence-corrected chi connectivity index (χ3v) is 5.17. The zero-order valence-electron chi connectivity index (χ0n) is 11.4. The number of halogens is 2. The molecular formula is C15H17BrFNO2. The molecule has 1 aromatic carbocycles. The average molecular weight is 342 g/mol. The van der Waals surface area contributed by atoms with E-state index in [1.807, 2.05) is 0 Å². The molecule has 0 bridgehead atoms. The molecule has 1 saturated carbocycles. The molecule has 1 spiro atoms. The van der Waals surface area contributed by atoms with Crippen LogP contribution in [-0.2, 0) is 4.74 Å². The van der Waals surface area contributed by atoms with E-state index in [0.717, 1.165) is 31.6 Å². The fourth-order valence-electron chi connectivity index (χ4n) is 2.97. The lowest BCUT2D eigenvalue weighted by Crippen LogP contribution is -2.35. The van der Waals surface area contributed by atoms with E-state index < -0.39 is 11.8 Å². The van der Waals surface area contributed by atoms with Crippen LogP contribution in [0.4, 0.5) is 10.1 Å². The quantitative estimate of drug-likeness (QED) is 0.767. The van der Waals surface area contributed by atoms with Crippen molar-refractivity contribution in [1.29, 1.82) is 0 Å². The van der Waals surface area contributed by atoms with Crippen molar-refractivity contribution in [2.45, 2.75) is 25.7 Å². The van der Waals surface area contributed by atoms with E-state index in [2.05, 4.69) is 20.8 Å². The number of esters is 1. The highest BCUT2D eigenvalue weighted by atomic mass is 79.9. The first-order chi connectivity index (χ1) is 9.54. The topological polar surface area (TPSA) is 29.5 Å². The average Bonchev–Trinajstić information content (AvgIpc) is 3.21. The Balaban J connectivity index is 1.91. The Morgan fingerprint density at radius 1 is 1.30 bits per heavy atom. The van der Waals surface area contributed by atoms with Crippen molar-refractivity contribution in [3.63, 3.8) is 0 Å². The first-order valence-electron chi connectivity index (χ1n) is 6.87. The second kappa shape index (κ2) is 5.02. The normalized spacial score (nSPS) is 20.1. The number of methoxy groups -OCH3 is 1. The van der Waals surface area contributed by atoms with E-state index in [1.165, 1.54) is 26.0 Å². The van der Waals surface area contributed by atoms with Gasteiger partial charge in [0, 0.05) is 13.1 Å². The monoisotopic (exact) mass is 341 g/mol. The summed E-state index contributed by atoms with van der Waals surface area (Å²) in [6, 6.07) is 2.94. The summed E-state index contributed by atoms with van der Waals surface area (Å²) in [5, 5.41) is 0. The fraction of sp³-hybridized carbons (Fsp3) is 0.533. The Hall–Kier alpha value is -1.10. The van der Waals surface area contributed by atoms with E-state index in [9.17, 15) is 9.18 Å². The highest BCUT2D eigenvalue weighted by molar-refractivity contribution is 9.10. The summed E-state index contributed by atoms with van der Waals surface area (Å²) in [4.78, 5) is 14.0. The molecule has 1 heterocycles. The minimum absolute atomic E-state index is 0.306. The summed E-state index contributed by atoms with van der Waals surface area (Å²) in [6.45, 7) is 1.84. The molecule has 1 aromatic rings. The van der Waals surface area contributed by atoms with Gasteiger partial charge in [-0.3, -0.25) is 0 Å². The van der Waals surface area contributed by atoms with E-state index in [-0.39, 0.29) is 0 Å². The molecule has 1 aliphatic heterocycles. The molecule has 3 nitrogen and oxygen atoms in total. The van der Waals surface area contributed by atoms with Gasteiger partial charge in [-0.25, -0.2) is 9.18 Å². The number of piperidine rings is 1. The Morgan fingerprint density at radius 2 is 1.95 bits per heavy atom. The van der Waals surface area contributed by atoms with E-state index in [1.54, 1.807) is 6.07 Å². The third-order valence-electron chi connectivity index (χ3n) is 4.57. The van der Waals surface area contributed by atoms with Crippen molar-refractivity contribution >= 4 is 27.6 Å². The van der Waals surface area contributed by atoms with Crippen molar-refractivity contribution in [1.82, 2.24) is 0 Å². The van der Waals surface area contributed by atoms with Crippen molar-refractivity contribution in [2.75, 3.05) is 25.1 Å². The minimum atomic E-state index is -0.488. The first kappa shape index (κ1) is 13.9. The molecule has 1 aliphatic carbocycles. The fourth-order valence-corrected chi connectivity index (χ4v) is 3.30. The van der Waals surface area contributed by atoms with Crippen LogP contribution in [0.5, 0.6) is 0 Å². The summed E-state index contributed by atoms with van der Waals surface area (Å²) in [6.07, 6.45) is 4.97. The highest BCUT2D eigenvalue weighted by Crippen LogP contribution is 2.54. The Labute approximate surface area is 126 Å². The summed E-state index contributed by atoms with van der Waals surface area (Å²) >= 11 is 3.20. The molecule has 1 saturated heterocycles. The number of anilines is 1. The molecule has 0 N–H and O–H groups in total. The Bertz CT molecular complexity index is 547. The van der Waals surface area contributed by atoms with E-state index in [0.29, 0.717) is 15.5 Å². The van der Waals surface area contributed by atoms with Gasteiger partial charge in [-0.1, -0.05) is 0 Å². The molecular weight excluding hydrogens is 325 g/mol. The first-order valence-corrected chi connectivity index (χ1v) is 7.66. The number of ether oxygens (including phenoxy) is 1. The molecule has 0 amide bonds. The SMILES string of the molecule is COC(=O)c1cc(F)c(Br)cc1N1CCC2(CC1)CC2. The molecule has 0 aromatic heterocycles. The number of nitrogens with zero attached hydrogens (tertiary/aromatic N) is 1. The summed E-state index contributed by atoms with van der Waals surface area (Å²) in [7, 11) is 1.32. The Kier molecular flexibility index (Phi) is 3.48. The number of benzene rings is 1. The molecule has 2 fully saturated rings. The van der Waals surface area contributed by atoms with Crippen molar-refractivity contribution in [3.8, 4) is 0 Å². The molecule has 108 valence electrons. The van der Waals surface area contributed by atoms with Crippen molar-refractivity contribution in [2.24, 2.45) is 5.41 Å². The number of rotatable bonds is 2. The number of hydrogen-bond acceptors (Lipinski definition) is 3. The number of hydrogen-bond donors (Lipinski definition) is 0. The maximum Gasteiger partial charge on any atom is 0.340 e. The van der Waals surface area contributed by atoms with Crippen LogP contribution < -0.4 is 4.90 Å². The van der Waals surface area contributed by atoms with Crippen LogP contribution in [0.15, 0.2) is 16.6 Å². The largest absolute Gasteiger partial charge is 0.465 e. The predicted octanol–water partition coefficient (Wildman–Crippen LogP) is 3.76. The minimum Gasteiger partial charge on any atom is -0.465 e. The van der Waals surface area contributed by atoms with Gasteiger partial charge in [0.2, 0.25) is 0 Å². The van der Waals surface area contributed by atoms with Gasteiger partial charge in [-0.2, -0.15) is 0 Å². The molecule has 2 aliphatic rings. The second-order valence-electron chi connectivity index (χ2n) is 5.76. The number of carbonyl (C=O) groups excluding carboxylic acids is 1. The standard InChI is InChI=1S/C15H17BrFNO2/c1-20-14(19)10-8-12(17)11(16)9-13(10)18-6-4-15(2-3-15)5-7-18/h8-9H,2-7H2,1H3. The second-order valence-corrected chi connectivity index (χ2v) is 6.62. The van der Waals surface area contributed by atoms with E-state index in [4.69, 9.17) is 4.74 Å². The number of carbonyl (C=O) groups is 1. The third kappa shape index (κ3) is 2.43. The van der Waals surface area contributed by atoms with Gasteiger partial charge in [-0.15, -0.1) is 0 Å². The predicted molar refractivity (Wildman–Crippen MR) is 78.6 cm³/mol. The van der Waals surface area contributed by atoms with Gasteiger partial charge < -0.3 is 9.64 Å².